The lowest BCUT2D eigenvalue weighted by Gasteiger charge is -2.46. The molecule has 3 rings (SSSR count). The molecule has 2 amide bonds. The van der Waals surface area contributed by atoms with E-state index >= 15 is 0 Å². The Morgan fingerprint density at radius 2 is 1.68 bits per heavy atom. The summed E-state index contributed by atoms with van der Waals surface area (Å²) in [5.41, 5.74) is 1.99. The molecule has 2 aliphatic heterocycles. The van der Waals surface area contributed by atoms with Crippen molar-refractivity contribution in [3.8, 4) is 0 Å². The summed E-state index contributed by atoms with van der Waals surface area (Å²) >= 11 is 0. The van der Waals surface area contributed by atoms with Crippen LogP contribution in [0.1, 0.15) is 54.6 Å². The van der Waals surface area contributed by atoms with Crippen LogP contribution in [0, 0.1) is 13.8 Å². The number of carbonyl (C=O) groups is 2. The van der Waals surface area contributed by atoms with Gasteiger partial charge in [-0.2, -0.15) is 0 Å². The lowest BCUT2D eigenvalue weighted by Crippen LogP contribution is -2.61. The molecule has 0 spiro atoms. The van der Waals surface area contributed by atoms with Crippen molar-refractivity contribution in [3.63, 3.8) is 0 Å². The van der Waals surface area contributed by atoms with Gasteiger partial charge in [0.25, 0.3) is 5.91 Å². The van der Waals surface area contributed by atoms with Crippen LogP contribution < -0.4 is 0 Å². The summed E-state index contributed by atoms with van der Waals surface area (Å²) < 4.78 is 5.30. The third kappa shape index (κ3) is 4.23. The number of hydrogen-bond donors (Lipinski definition) is 1. The molecule has 6 heteroatoms. The number of aryl methyl sites for hydroxylation is 2. The van der Waals surface area contributed by atoms with E-state index < -0.39 is 5.60 Å². The van der Waals surface area contributed by atoms with Gasteiger partial charge in [-0.05, 0) is 51.0 Å². The molecule has 2 unspecified atom stereocenters. The third-order valence-corrected chi connectivity index (χ3v) is 6.50. The molecular weight excluding hydrogens is 356 g/mol. The van der Waals surface area contributed by atoms with E-state index in [2.05, 4.69) is 0 Å². The number of piperazine rings is 1. The van der Waals surface area contributed by atoms with Gasteiger partial charge in [-0.1, -0.05) is 6.07 Å². The van der Waals surface area contributed by atoms with Crippen molar-refractivity contribution in [2.45, 2.75) is 64.6 Å². The number of amides is 2. The van der Waals surface area contributed by atoms with E-state index in [-0.39, 0.29) is 30.3 Å². The van der Waals surface area contributed by atoms with Crippen molar-refractivity contribution in [3.05, 3.63) is 34.9 Å². The zero-order chi connectivity index (χ0) is 20.5. The zero-order valence-corrected chi connectivity index (χ0v) is 17.4. The minimum Gasteiger partial charge on any atom is -0.389 e. The largest absolute Gasteiger partial charge is 0.389 e. The summed E-state index contributed by atoms with van der Waals surface area (Å²) in [7, 11) is 0. The second-order valence-corrected chi connectivity index (χ2v) is 8.38. The second-order valence-electron chi connectivity index (χ2n) is 8.38. The normalized spacial score (nSPS) is 24.9. The Hall–Kier alpha value is -1.92. The SMILES string of the molecule is Cc1ccc(C(=O)N2CCN(C(=O)CC3(O)CCOCC3)C(C)C2C)cc1C. The molecule has 2 aliphatic rings. The predicted octanol–water partition coefficient (Wildman–Crippen LogP) is 2.30. The maximum atomic E-state index is 13.0. The summed E-state index contributed by atoms with van der Waals surface area (Å²) in [5.74, 6) is -0.0281. The first kappa shape index (κ1) is 20.8. The predicted molar refractivity (Wildman–Crippen MR) is 107 cm³/mol. The molecule has 1 aromatic rings. The Kier molecular flexibility index (Phi) is 6.10. The Morgan fingerprint density at radius 1 is 1.07 bits per heavy atom. The van der Waals surface area contributed by atoms with Gasteiger partial charge in [0, 0.05) is 56.8 Å². The van der Waals surface area contributed by atoms with Gasteiger partial charge in [-0.25, -0.2) is 0 Å². The Bertz CT molecular complexity index is 742. The van der Waals surface area contributed by atoms with Crippen LogP contribution in [0.5, 0.6) is 0 Å². The molecule has 0 saturated carbocycles. The van der Waals surface area contributed by atoms with Gasteiger partial charge in [0.1, 0.15) is 0 Å². The van der Waals surface area contributed by atoms with E-state index in [4.69, 9.17) is 4.74 Å². The summed E-state index contributed by atoms with van der Waals surface area (Å²) in [6.45, 7) is 10.0. The molecule has 0 aromatic heterocycles. The summed E-state index contributed by atoms with van der Waals surface area (Å²) in [6.07, 6.45) is 1.11. The first-order chi connectivity index (χ1) is 13.2. The topological polar surface area (TPSA) is 70.1 Å². The van der Waals surface area contributed by atoms with Crippen LogP contribution in [0.15, 0.2) is 18.2 Å². The van der Waals surface area contributed by atoms with E-state index in [1.807, 2.05) is 55.7 Å². The highest BCUT2D eigenvalue weighted by molar-refractivity contribution is 5.95. The minimum absolute atomic E-state index is 0.0117. The highest BCUT2D eigenvalue weighted by Crippen LogP contribution is 2.27. The molecule has 2 fully saturated rings. The van der Waals surface area contributed by atoms with E-state index in [1.165, 1.54) is 5.56 Å². The lowest BCUT2D eigenvalue weighted by molar-refractivity contribution is -0.146. The Balaban J connectivity index is 1.67. The number of carbonyl (C=O) groups excluding carboxylic acids is 2. The molecule has 0 radical (unpaired) electrons. The highest BCUT2D eigenvalue weighted by atomic mass is 16.5. The molecule has 0 bridgehead atoms. The molecule has 2 atom stereocenters. The van der Waals surface area contributed by atoms with Gasteiger partial charge >= 0.3 is 0 Å². The Morgan fingerprint density at radius 3 is 2.32 bits per heavy atom. The van der Waals surface area contributed by atoms with Crippen molar-refractivity contribution >= 4 is 11.8 Å². The molecule has 1 N–H and O–H groups in total. The smallest absolute Gasteiger partial charge is 0.254 e. The Labute approximate surface area is 167 Å². The van der Waals surface area contributed by atoms with Crippen LogP contribution in [0.4, 0.5) is 0 Å². The van der Waals surface area contributed by atoms with Gasteiger partial charge in [-0.15, -0.1) is 0 Å². The van der Waals surface area contributed by atoms with Crippen molar-refractivity contribution in [1.29, 1.82) is 0 Å². The number of hydrogen-bond acceptors (Lipinski definition) is 4. The molecule has 28 heavy (non-hydrogen) atoms. The third-order valence-electron chi connectivity index (χ3n) is 6.50. The quantitative estimate of drug-likeness (QED) is 0.863. The monoisotopic (exact) mass is 388 g/mol. The molecule has 154 valence electrons. The lowest BCUT2D eigenvalue weighted by atomic mass is 9.89. The fourth-order valence-electron chi connectivity index (χ4n) is 4.13. The van der Waals surface area contributed by atoms with Crippen molar-refractivity contribution < 1.29 is 19.4 Å². The van der Waals surface area contributed by atoms with Crippen LogP contribution in [0.3, 0.4) is 0 Å². The van der Waals surface area contributed by atoms with E-state index in [0.717, 1.165) is 5.56 Å². The number of rotatable bonds is 3. The van der Waals surface area contributed by atoms with E-state index in [1.54, 1.807) is 0 Å². The zero-order valence-electron chi connectivity index (χ0n) is 17.4. The van der Waals surface area contributed by atoms with Gasteiger partial charge in [0.15, 0.2) is 0 Å². The van der Waals surface area contributed by atoms with Crippen LogP contribution in [-0.2, 0) is 9.53 Å². The molecule has 2 heterocycles. The summed E-state index contributed by atoms with van der Waals surface area (Å²) in [4.78, 5) is 29.6. The number of benzene rings is 1. The average molecular weight is 389 g/mol. The van der Waals surface area contributed by atoms with E-state index in [9.17, 15) is 14.7 Å². The van der Waals surface area contributed by atoms with Gasteiger partial charge in [0.05, 0.1) is 12.0 Å². The summed E-state index contributed by atoms with van der Waals surface area (Å²) in [6, 6.07) is 5.61. The molecule has 2 saturated heterocycles. The molecule has 1 aromatic carbocycles. The van der Waals surface area contributed by atoms with Crippen LogP contribution in [-0.4, -0.2) is 70.7 Å². The van der Waals surface area contributed by atoms with E-state index in [0.29, 0.717) is 44.7 Å². The van der Waals surface area contributed by atoms with Crippen LogP contribution in [0.25, 0.3) is 0 Å². The average Bonchev–Trinajstić information content (AvgIpc) is 2.65. The van der Waals surface area contributed by atoms with Crippen LogP contribution in [0.2, 0.25) is 0 Å². The minimum atomic E-state index is -0.968. The van der Waals surface area contributed by atoms with Gasteiger partial charge < -0.3 is 19.6 Å². The van der Waals surface area contributed by atoms with Crippen LogP contribution >= 0.6 is 0 Å². The maximum absolute atomic E-state index is 13.0. The summed E-state index contributed by atoms with van der Waals surface area (Å²) in [5, 5.41) is 10.7. The van der Waals surface area contributed by atoms with Gasteiger partial charge in [0.2, 0.25) is 5.91 Å². The molecular formula is C22H32N2O4. The van der Waals surface area contributed by atoms with Crippen molar-refractivity contribution in [2.75, 3.05) is 26.3 Å². The molecule has 0 aliphatic carbocycles. The number of nitrogens with zero attached hydrogens (tertiary/aromatic N) is 2. The maximum Gasteiger partial charge on any atom is 0.254 e. The first-order valence-corrected chi connectivity index (χ1v) is 10.2. The first-order valence-electron chi connectivity index (χ1n) is 10.2. The van der Waals surface area contributed by atoms with Crippen molar-refractivity contribution in [2.24, 2.45) is 0 Å². The number of ether oxygens (including phenoxy) is 1. The molecule has 6 nitrogen and oxygen atoms in total. The standard InChI is InChI=1S/C22H32N2O4/c1-15-5-6-19(13-16(15)2)21(26)24-10-9-23(17(3)18(24)4)20(25)14-22(27)7-11-28-12-8-22/h5-6,13,17-18,27H,7-12,14H2,1-4H3. The second kappa shape index (κ2) is 8.21. The fraction of sp³-hybridized carbons (Fsp3) is 0.636. The highest BCUT2D eigenvalue weighted by Gasteiger charge is 2.39. The van der Waals surface area contributed by atoms with Crippen molar-refractivity contribution in [1.82, 2.24) is 9.80 Å². The fourth-order valence-corrected chi connectivity index (χ4v) is 4.13. The van der Waals surface area contributed by atoms with Gasteiger partial charge in [-0.3, -0.25) is 9.59 Å². The number of aliphatic hydroxyl groups is 1.